The molecule has 1 amide bonds. The maximum absolute atomic E-state index is 12.4. The standard InChI is InChI=1S/C14H20BrN3OS/c1-3-16-13-12(6-9(15)8-17-13)14(19)18-10-4-5-11(7-10)20-2/h6,8,10-11H,3-5,7H2,1-2H3,(H,16,17)(H,18,19). The fraction of sp³-hybridized carbons (Fsp3) is 0.571. The summed E-state index contributed by atoms with van der Waals surface area (Å²) < 4.78 is 0.817. The molecule has 1 aliphatic carbocycles. The molecule has 0 aromatic carbocycles. The highest BCUT2D eigenvalue weighted by atomic mass is 79.9. The van der Waals surface area contributed by atoms with Gasteiger partial charge in [-0.15, -0.1) is 0 Å². The molecule has 1 fully saturated rings. The Morgan fingerprint density at radius 3 is 3.00 bits per heavy atom. The zero-order chi connectivity index (χ0) is 14.5. The maximum atomic E-state index is 12.4. The first-order chi connectivity index (χ1) is 9.63. The van der Waals surface area contributed by atoms with Crippen molar-refractivity contribution in [1.29, 1.82) is 0 Å². The van der Waals surface area contributed by atoms with Gasteiger partial charge in [0.1, 0.15) is 5.82 Å². The molecule has 0 radical (unpaired) electrons. The van der Waals surface area contributed by atoms with Crippen molar-refractivity contribution < 1.29 is 4.79 Å². The molecule has 6 heteroatoms. The van der Waals surface area contributed by atoms with Crippen molar-refractivity contribution in [1.82, 2.24) is 10.3 Å². The van der Waals surface area contributed by atoms with Gasteiger partial charge in [-0.25, -0.2) is 4.98 Å². The molecule has 2 unspecified atom stereocenters. The zero-order valence-electron chi connectivity index (χ0n) is 11.8. The highest BCUT2D eigenvalue weighted by molar-refractivity contribution is 9.10. The second-order valence-corrected chi connectivity index (χ2v) is 6.97. The minimum absolute atomic E-state index is 0.0403. The second kappa shape index (κ2) is 7.31. The molecule has 2 N–H and O–H groups in total. The van der Waals surface area contributed by atoms with Gasteiger partial charge in [-0.3, -0.25) is 4.79 Å². The molecule has 1 aromatic rings. The number of halogens is 1. The molecular weight excluding hydrogens is 338 g/mol. The van der Waals surface area contributed by atoms with Gasteiger partial charge in [0.15, 0.2) is 0 Å². The number of amides is 1. The third-order valence-electron chi connectivity index (χ3n) is 3.50. The van der Waals surface area contributed by atoms with Gasteiger partial charge in [0.25, 0.3) is 5.91 Å². The van der Waals surface area contributed by atoms with E-state index in [0.29, 0.717) is 16.6 Å². The molecule has 20 heavy (non-hydrogen) atoms. The number of hydrogen-bond donors (Lipinski definition) is 2. The number of carbonyl (C=O) groups excluding carboxylic acids is 1. The van der Waals surface area contributed by atoms with Crippen LogP contribution in [-0.2, 0) is 0 Å². The van der Waals surface area contributed by atoms with Crippen molar-refractivity contribution in [2.45, 2.75) is 37.5 Å². The maximum Gasteiger partial charge on any atom is 0.255 e. The Morgan fingerprint density at radius 2 is 2.35 bits per heavy atom. The van der Waals surface area contributed by atoms with E-state index in [1.165, 1.54) is 6.42 Å². The number of carbonyl (C=O) groups is 1. The number of nitrogens with one attached hydrogen (secondary N) is 2. The minimum Gasteiger partial charge on any atom is -0.370 e. The highest BCUT2D eigenvalue weighted by Crippen LogP contribution is 2.28. The van der Waals surface area contributed by atoms with Crippen LogP contribution in [0.5, 0.6) is 0 Å². The SMILES string of the molecule is CCNc1ncc(Br)cc1C(=O)NC1CCC(SC)C1. The van der Waals surface area contributed by atoms with Crippen LogP contribution in [-0.4, -0.2) is 35.0 Å². The first-order valence-electron chi connectivity index (χ1n) is 6.87. The Balaban J connectivity index is 2.07. The zero-order valence-corrected chi connectivity index (χ0v) is 14.2. The topological polar surface area (TPSA) is 54.0 Å². The Kier molecular flexibility index (Phi) is 5.72. The van der Waals surface area contributed by atoms with Gasteiger partial charge in [-0.2, -0.15) is 11.8 Å². The number of pyridine rings is 1. The molecule has 1 aromatic heterocycles. The Hall–Kier alpha value is -0.750. The average molecular weight is 358 g/mol. The van der Waals surface area contributed by atoms with E-state index in [-0.39, 0.29) is 11.9 Å². The van der Waals surface area contributed by atoms with E-state index < -0.39 is 0 Å². The van der Waals surface area contributed by atoms with E-state index in [4.69, 9.17) is 0 Å². The molecule has 0 spiro atoms. The summed E-state index contributed by atoms with van der Waals surface area (Å²) in [4.78, 5) is 16.7. The summed E-state index contributed by atoms with van der Waals surface area (Å²) in [7, 11) is 0. The molecule has 0 bridgehead atoms. The molecule has 4 nitrogen and oxygen atoms in total. The lowest BCUT2D eigenvalue weighted by atomic mass is 10.2. The Bertz CT molecular complexity index is 483. The summed E-state index contributed by atoms with van der Waals surface area (Å²) in [6.45, 7) is 2.73. The lowest BCUT2D eigenvalue weighted by Gasteiger charge is -2.15. The van der Waals surface area contributed by atoms with Crippen molar-refractivity contribution in [3.8, 4) is 0 Å². The van der Waals surface area contributed by atoms with Gasteiger partial charge < -0.3 is 10.6 Å². The van der Waals surface area contributed by atoms with Crippen molar-refractivity contribution in [2.24, 2.45) is 0 Å². The summed E-state index contributed by atoms with van der Waals surface area (Å²) in [5.41, 5.74) is 0.605. The monoisotopic (exact) mass is 357 g/mol. The molecule has 110 valence electrons. The Labute approximate surface area is 132 Å². The molecule has 1 aliphatic rings. The van der Waals surface area contributed by atoms with Crippen LogP contribution in [0.15, 0.2) is 16.7 Å². The molecule has 2 atom stereocenters. The van der Waals surface area contributed by atoms with Crippen molar-refractivity contribution in [3.63, 3.8) is 0 Å². The van der Waals surface area contributed by atoms with Gasteiger partial charge >= 0.3 is 0 Å². The Morgan fingerprint density at radius 1 is 1.55 bits per heavy atom. The predicted octanol–water partition coefficient (Wildman–Crippen LogP) is 3.29. The van der Waals surface area contributed by atoms with Crippen molar-refractivity contribution >= 4 is 39.4 Å². The largest absolute Gasteiger partial charge is 0.370 e. The minimum atomic E-state index is -0.0403. The van der Waals surface area contributed by atoms with E-state index in [1.54, 1.807) is 6.20 Å². The number of anilines is 1. The van der Waals surface area contributed by atoms with Gasteiger partial charge in [-0.1, -0.05) is 0 Å². The lowest BCUT2D eigenvalue weighted by molar-refractivity contribution is 0.0938. The quantitative estimate of drug-likeness (QED) is 0.848. The first kappa shape index (κ1) is 15.6. The summed E-state index contributed by atoms with van der Waals surface area (Å²) in [5, 5.41) is 6.94. The van der Waals surface area contributed by atoms with E-state index in [2.05, 4.69) is 37.8 Å². The fourth-order valence-corrected chi connectivity index (χ4v) is 3.60. The third kappa shape index (κ3) is 3.88. The number of rotatable bonds is 5. The molecule has 1 heterocycles. The van der Waals surface area contributed by atoms with Gasteiger partial charge in [-0.05, 0) is 54.4 Å². The predicted molar refractivity (Wildman–Crippen MR) is 88.5 cm³/mol. The fourth-order valence-electron chi connectivity index (χ4n) is 2.47. The summed E-state index contributed by atoms with van der Waals surface area (Å²) >= 11 is 5.26. The molecule has 0 aliphatic heterocycles. The molecule has 0 saturated heterocycles. The van der Waals surface area contributed by atoms with E-state index >= 15 is 0 Å². The van der Waals surface area contributed by atoms with Crippen LogP contribution in [0.4, 0.5) is 5.82 Å². The van der Waals surface area contributed by atoms with Crippen LogP contribution in [0.1, 0.15) is 36.5 Å². The number of thioether (sulfide) groups is 1. The number of hydrogen-bond acceptors (Lipinski definition) is 4. The van der Waals surface area contributed by atoms with Crippen LogP contribution in [0.25, 0.3) is 0 Å². The second-order valence-electron chi connectivity index (χ2n) is 4.92. The van der Waals surface area contributed by atoms with Crippen molar-refractivity contribution in [3.05, 3.63) is 22.3 Å². The first-order valence-corrected chi connectivity index (χ1v) is 8.95. The molecule has 1 saturated carbocycles. The van der Waals surface area contributed by atoms with E-state index in [9.17, 15) is 4.79 Å². The van der Waals surface area contributed by atoms with Gasteiger partial charge in [0.2, 0.25) is 0 Å². The lowest BCUT2D eigenvalue weighted by Crippen LogP contribution is -2.33. The van der Waals surface area contributed by atoms with Crippen LogP contribution >= 0.6 is 27.7 Å². The van der Waals surface area contributed by atoms with Crippen LogP contribution in [0.3, 0.4) is 0 Å². The highest BCUT2D eigenvalue weighted by Gasteiger charge is 2.26. The summed E-state index contributed by atoms with van der Waals surface area (Å²) in [5.74, 6) is 0.606. The smallest absolute Gasteiger partial charge is 0.255 e. The number of nitrogens with zero attached hydrogens (tertiary/aromatic N) is 1. The van der Waals surface area contributed by atoms with Crippen LogP contribution < -0.4 is 10.6 Å². The van der Waals surface area contributed by atoms with E-state index in [1.807, 2.05) is 24.8 Å². The normalized spacial score (nSPS) is 21.8. The third-order valence-corrected chi connectivity index (χ3v) is 5.02. The van der Waals surface area contributed by atoms with Crippen LogP contribution in [0.2, 0.25) is 0 Å². The van der Waals surface area contributed by atoms with Gasteiger partial charge in [0, 0.05) is 28.5 Å². The van der Waals surface area contributed by atoms with E-state index in [0.717, 1.165) is 23.9 Å². The summed E-state index contributed by atoms with van der Waals surface area (Å²) in [6.07, 6.45) is 7.15. The van der Waals surface area contributed by atoms with Gasteiger partial charge in [0.05, 0.1) is 5.56 Å². The average Bonchev–Trinajstić information content (AvgIpc) is 2.88. The van der Waals surface area contributed by atoms with Crippen LogP contribution in [0, 0.1) is 0 Å². The molecule has 2 rings (SSSR count). The van der Waals surface area contributed by atoms with Crippen molar-refractivity contribution in [2.75, 3.05) is 18.1 Å². The molecular formula is C14H20BrN3OS. The summed E-state index contributed by atoms with van der Waals surface area (Å²) in [6, 6.07) is 2.11. The number of aromatic nitrogens is 1.